The van der Waals surface area contributed by atoms with Crippen molar-refractivity contribution in [1.82, 2.24) is 0 Å². The van der Waals surface area contributed by atoms with E-state index in [0.29, 0.717) is 0 Å². The first-order chi connectivity index (χ1) is 2.56. The highest BCUT2D eigenvalue weighted by Crippen LogP contribution is 1.68. The molecule has 0 saturated carbocycles. The zero-order valence-corrected chi connectivity index (χ0v) is 4.90. The monoisotopic (exact) mass is 120 g/mol. The van der Waals surface area contributed by atoms with Crippen molar-refractivity contribution in [3.63, 3.8) is 0 Å². The summed E-state index contributed by atoms with van der Waals surface area (Å²) < 4.78 is 19.6. The molecule has 0 aliphatic carbocycles. The summed E-state index contributed by atoms with van der Waals surface area (Å²) in [6, 6.07) is 0. The van der Waals surface area contributed by atoms with E-state index >= 15 is 0 Å². The third-order valence-electron chi connectivity index (χ3n) is 0.402. The summed E-state index contributed by atoms with van der Waals surface area (Å²) in [6.07, 6.45) is 0. The molecule has 0 heterocycles. The molecule has 3 radical (unpaired) electrons. The van der Waals surface area contributed by atoms with Crippen molar-refractivity contribution in [1.29, 1.82) is 0 Å². The molecule has 0 spiro atoms. The van der Waals surface area contributed by atoms with E-state index in [1.54, 1.807) is 0 Å². The van der Waals surface area contributed by atoms with Gasteiger partial charge in [-0.3, -0.25) is 0 Å². The molecule has 0 atom stereocenters. The first-order valence-corrected chi connectivity index (χ1v) is 3.28. The SMILES string of the molecule is CCS(N)(=O)=O.[B]. The van der Waals surface area contributed by atoms with Crippen molar-refractivity contribution in [2.24, 2.45) is 5.14 Å². The molecule has 7 heavy (non-hydrogen) atoms. The van der Waals surface area contributed by atoms with Gasteiger partial charge in [0.1, 0.15) is 0 Å². The van der Waals surface area contributed by atoms with Gasteiger partial charge in [0, 0.05) is 8.41 Å². The number of nitrogens with two attached hydrogens (primary N) is 1. The van der Waals surface area contributed by atoms with Crippen molar-refractivity contribution in [2.75, 3.05) is 5.75 Å². The van der Waals surface area contributed by atoms with Crippen molar-refractivity contribution < 1.29 is 8.42 Å². The molecule has 0 unspecified atom stereocenters. The number of hydrogen-bond donors (Lipinski definition) is 1. The lowest BCUT2D eigenvalue weighted by atomic mass is 10.8. The molecule has 0 aromatic carbocycles. The molecule has 0 aromatic rings. The van der Waals surface area contributed by atoms with Gasteiger partial charge in [0.2, 0.25) is 10.0 Å². The van der Waals surface area contributed by atoms with Crippen LogP contribution >= 0.6 is 0 Å². The zero-order valence-electron chi connectivity index (χ0n) is 4.09. The fraction of sp³-hybridized carbons (Fsp3) is 1.00. The van der Waals surface area contributed by atoms with Crippen LogP contribution in [0.4, 0.5) is 0 Å². The van der Waals surface area contributed by atoms with Crippen LogP contribution in [0, 0.1) is 0 Å². The number of hydrogen-bond acceptors (Lipinski definition) is 2. The topological polar surface area (TPSA) is 60.2 Å². The maximum Gasteiger partial charge on any atom is 0.208 e. The lowest BCUT2D eigenvalue weighted by Crippen LogP contribution is -2.13. The van der Waals surface area contributed by atoms with Crippen molar-refractivity contribution >= 4 is 18.4 Å². The van der Waals surface area contributed by atoms with Crippen LogP contribution in [0.3, 0.4) is 0 Å². The number of rotatable bonds is 1. The fourth-order valence-corrected chi connectivity index (χ4v) is 0. The minimum atomic E-state index is -3.16. The van der Waals surface area contributed by atoms with Gasteiger partial charge < -0.3 is 0 Å². The van der Waals surface area contributed by atoms with E-state index in [-0.39, 0.29) is 14.2 Å². The second-order valence-corrected chi connectivity index (χ2v) is 2.85. The molecule has 0 aromatic heterocycles. The van der Waals surface area contributed by atoms with E-state index in [4.69, 9.17) is 0 Å². The summed E-state index contributed by atoms with van der Waals surface area (Å²) in [5.74, 6) is 0.0208. The van der Waals surface area contributed by atoms with Crippen LogP contribution in [0.1, 0.15) is 6.92 Å². The minimum absolute atomic E-state index is 0. The van der Waals surface area contributed by atoms with Gasteiger partial charge in [-0.05, 0) is 6.92 Å². The van der Waals surface area contributed by atoms with E-state index in [0.717, 1.165) is 0 Å². The van der Waals surface area contributed by atoms with Gasteiger partial charge in [0.15, 0.2) is 0 Å². The minimum Gasteiger partial charge on any atom is -0.229 e. The third kappa shape index (κ3) is 10.7. The van der Waals surface area contributed by atoms with E-state index in [9.17, 15) is 8.42 Å². The first-order valence-electron chi connectivity index (χ1n) is 1.56. The Kier molecular flexibility index (Phi) is 4.37. The average molecular weight is 120 g/mol. The van der Waals surface area contributed by atoms with Crippen LogP contribution in [0.5, 0.6) is 0 Å². The summed E-state index contributed by atoms with van der Waals surface area (Å²) in [7, 11) is -3.16. The zero-order chi connectivity index (χ0) is 5.21. The van der Waals surface area contributed by atoms with Crippen LogP contribution < -0.4 is 5.14 Å². The second-order valence-electron chi connectivity index (χ2n) is 0.952. The number of primary sulfonamides is 1. The molecule has 0 saturated heterocycles. The van der Waals surface area contributed by atoms with Gasteiger partial charge in [-0.1, -0.05) is 0 Å². The summed E-state index contributed by atoms with van der Waals surface area (Å²) >= 11 is 0. The standard InChI is InChI=1S/C2H7NO2S.B/c1-2-6(3,4)5;/h2H2,1H3,(H2,3,4,5);. The van der Waals surface area contributed by atoms with Gasteiger partial charge in [-0.2, -0.15) is 0 Å². The fourth-order valence-electron chi connectivity index (χ4n) is 0. The molecule has 0 aliphatic heterocycles. The molecule has 41 valence electrons. The normalized spacial score (nSPS) is 10.0. The van der Waals surface area contributed by atoms with Crippen LogP contribution in [-0.2, 0) is 10.0 Å². The molecule has 3 nitrogen and oxygen atoms in total. The van der Waals surface area contributed by atoms with Gasteiger partial charge in [-0.15, -0.1) is 0 Å². The maximum absolute atomic E-state index is 9.78. The first kappa shape index (κ1) is 10.1. The van der Waals surface area contributed by atoms with Crippen molar-refractivity contribution in [3.8, 4) is 0 Å². The smallest absolute Gasteiger partial charge is 0.208 e. The Morgan fingerprint density at radius 2 is 1.71 bits per heavy atom. The maximum atomic E-state index is 9.78. The molecule has 0 amide bonds. The van der Waals surface area contributed by atoms with E-state index < -0.39 is 10.0 Å². The Labute approximate surface area is 45.5 Å². The molecule has 0 rings (SSSR count). The number of sulfonamides is 1. The van der Waals surface area contributed by atoms with Crippen molar-refractivity contribution in [2.45, 2.75) is 6.92 Å². The molecule has 5 heteroatoms. The summed E-state index contributed by atoms with van der Waals surface area (Å²) in [5, 5.41) is 4.51. The van der Waals surface area contributed by atoms with E-state index in [2.05, 4.69) is 5.14 Å². The quantitative estimate of drug-likeness (QED) is 0.447. The van der Waals surface area contributed by atoms with Crippen LogP contribution in [0.15, 0.2) is 0 Å². The summed E-state index contributed by atoms with van der Waals surface area (Å²) in [6.45, 7) is 1.50. The van der Waals surface area contributed by atoms with Crippen LogP contribution in [0.25, 0.3) is 0 Å². The molecular weight excluding hydrogens is 113 g/mol. The van der Waals surface area contributed by atoms with Crippen molar-refractivity contribution in [3.05, 3.63) is 0 Å². The highest BCUT2D eigenvalue weighted by Gasteiger charge is 1.90. The average Bonchev–Trinajstić information content (AvgIpc) is 1.35. The van der Waals surface area contributed by atoms with Gasteiger partial charge in [0.25, 0.3) is 0 Å². The Morgan fingerprint density at radius 3 is 1.71 bits per heavy atom. The lowest BCUT2D eigenvalue weighted by Gasteiger charge is -1.81. The summed E-state index contributed by atoms with van der Waals surface area (Å²) in [4.78, 5) is 0. The van der Waals surface area contributed by atoms with Crippen LogP contribution in [-0.4, -0.2) is 22.6 Å². The highest BCUT2D eigenvalue weighted by molar-refractivity contribution is 7.89. The Balaban J connectivity index is 0. The Bertz CT molecular complexity index is 118. The molecule has 2 N–H and O–H groups in total. The van der Waals surface area contributed by atoms with E-state index in [1.165, 1.54) is 6.92 Å². The van der Waals surface area contributed by atoms with Crippen LogP contribution in [0.2, 0.25) is 0 Å². The summed E-state index contributed by atoms with van der Waals surface area (Å²) in [5.41, 5.74) is 0. The molecule has 0 bridgehead atoms. The van der Waals surface area contributed by atoms with Gasteiger partial charge in [0.05, 0.1) is 5.75 Å². The predicted molar refractivity (Wildman–Crippen MR) is 29.4 cm³/mol. The Morgan fingerprint density at radius 1 is 1.57 bits per heavy atom. The van der Waals surface area contributed by atoms with E-state index in [1.807, 2.05) is 0 Å². The Hall–Kier alpha value is -0.0251. The second kappa shape index (κ2) is 3.04. The largest absolute Gasteiger partial charge is 0.229 e. The third-order valence-corrected chi connectivity index (χ3v) is 1.21. The molecule has 0 fully saturated rings. The molecule has 0 aliphatic rings. The molecular formula is C2H7BNO2S. The highest BCUT2D eigenvalue weighted by atomic mass is 32.2. The predicted octanol–water partition coefficient (Wildman–Crippen LogP) is -1.09. The lowest BCUT2D eigenvalue weighted by molar-refractivity contribution is 0.599. The van der Waals surface area contributed by atoms with Gasteiger partial charge >= 0.3 is 0 Å². The van der Waals surface area contributed by atoms with Gasteiger partial charge in [-0.25, -0.2) is 13.6 Å².